The molecular formula is C7H9IN2O2. The van der Waals surface area contributed by atoms with E-state index in [0.29, 0.717) is 4.05 Å². The Balaban J connectivity index is 1.94. The van der Waals surface area contributed by atoms with Gasteiger partial charge in [0.2, 0.25) is 0 Å². The van der Waals surface area contributed by atoms with Crippen LogP contribution in [0.5, 0.6) is 0 Å². The molecule has 0 spiro atoms. The van der Waals surface area contributed by atoms with E-state index in [4.69, 9.17) is 4.74 Å². The third kappa shape index (κ3) is 0.912. The number of nitrogens with zero attached hydrogens (tertiary/aromatic N) is 2. The third-order valence-corrected chi connectivity index (χ3v) is 3.71. The van der Waals surface area contributed by atoms with Gasteiger partial charge in [0.05, 0.1) is 10.1 Å². The van der Waals surface area contributed by atoms with E-state index in [2.05, 4.69) is 33.6 Å². The Morgan fingerprint density at radius 1 is 1.42 bits per heavy atom. The highest BCUT2D eigenvalue weighted by atomic mass is 127. The van der Waals surface area contributed by atoms with Crippen molar-refractivity contribution in [1.82, 2.24) is 9.96 Å². The molecule has 0 aromatic heterocycles. The lowest BCUT2D eigenvalue weighted by molar-refractivity contribution is -0.160. The summed E-state index contributed by atoms with van der Waals surface area (Å²) in [6.07, 6.45) is 4.20. The Morgan fingerprint density at radius 2 is 2.25 bits per heavy atom. The van der Waals surface area contributed by atoms with E-state index >= 15 is 0 Å². The van der Waals surface area contributed by atoms with Crippen molar-refractivity contribution in [2.24, 2.45) is 0 Å². The molecule has 2 bridgehead atoms. The zero-order valence-electron chi connectivity index (χ0n) is 6.30. The molecule has 2 saturated heterocycles. The minimum atomic E-state index is -0.0778. The average Bonchev–Trinajstić information content (AvgIpc) is 2.83. The maximum Gasteiger partial charge on any atom is 0.175 e. The van der Waals surface area contributed by atoms with Gasteiger partial charge in [0.1, 0.15) is 0 Å². The molecule has 3 aliphatic heterocycles. The fraction of sp³-hybridized carbons (Fsp3) is 0.714. The molecule has 5 heteroatoms. The zero-order valence-corrected chi connectivity index (χ0v) is 8.46. The summed E-state index contributed by atoms with van der Waals surface area (Å²) in [4.78, 5) is 2.27. The van der Waals surface area contributed by atoms with Gasteiger partial charge in [-0.1, -0.05) is 34.7 Å². The highest BCUT2D eigenvalue weighted by Gasteiger charge is 2.56. The number of alkyl halides is 1. The Hall–Kier alpha value is 0.310. The number of fused-ring (bicyclic) bond motifs is 4. The number of hydroxylamine groups is 2. The predicted octanol–water partition coefficient (Wildman–Crippen LogP) is 0.375. The summed E-state index contributed by atoms with van der Waals surface area (Å²) in [5.41, 5.74) is 0. The standard InChI is InChI=1S/C7H9IN2O2/c8-5-2-1-4-3-9(5)6-7(12-6)10(4)11/h1-2,4-7,11H,3H2/t4-,5+,6?,7?/m1/s1. The van der Waals surface area contributed by atoms with Gasteiger partial charge in [0.25, 0.3) is 0 Å². The van der Waals surface area contributed by atoms with Gasteiger partial charge in [0.15, 0.2) is 12.5 Å². The maximum atomic E-state index is 9.55. The summed E-state index contributed by atoms with van der Waals surface area (Å²) in [6.45, 7) is 0.877. The second-order valence-corrected chi connectivity index (χ2v) is 4.60. The lowest BCUT2D eigenvalue weighted by atomic mass is 10.1. The molecule has 0 radical (unpaired) electrons. The summed E-state index contributed by atoms with van der Waals surface area (Å²) < 4.78 is 5.75. The molecule has 66 valence electrons. The van der Waals surface area contributed by atoms with Crippen LogP contribution in [0.15, 0.2) is 12.2 Å². The van der Waals surface area contributed by atoms with Crippen molar-refractivity contribution in [1.29, 1.82) is 0 Å². The molecule has 0 saturated carbocycles. The van der Waals surface area contributed by atoms with Crippen LogP contribution in [0.1, 0.15) is 0 Å². The van der Waals surface area contributed by atoms with Gasteiger partial charge in [-0.05, 0) is 0 Å². The molecule has 4 nitrogen and oxygen atoms in total. The summed E-state index contributed by atoms with van der Waals surface area (Å²) in [6, 6.07) is 0.125. The number of ether oxygens (including phenoxy) is 1. The van der Waals surface area contributed by atoms with Crippen molar-refractivity contribution in [3.05, 3.63) is 12.2 Å². The van der Waals surface area contributed by atoms with Gasteiger partial charge in [0, 0.05) is 6.54 Å². The van der Waals surface area contributed by atoms with Crippen molar-refractivity contribution in [2.45, 2.75) is 22.5 Å². The molecule has 0 aromatic rings. The van der Waals surface area contributed by atoms with E-state index in [1.165, 1.54) is 5.06 Å². The molecule has 3 unspecified atom stereocenters. The van der Waals surface area contributed by atoms with E-state index < -0.39 is 0 Å². The molecule has 3 aliphatic rings. The first-order chi connectivity index (χ1) is 5.77. The fourth-order valence-corrected chi connectivity index (χ4v) is 2.63. The summed E-state index contributed by atoms with van der Waals surface area (Å²) in [5.74, 6) is 0. The summed E-state index contributed by atoms with van der Waals surface area (Å²) >= 11 is 2.37. The van der Waals surface area contributed by atoms with Crippen LogP contribution in [0.4, 0.5) is 0 Å². The van der Waals surface area contributed by atoms with E-state index in [0.717, 1.165) is 6.54 Å². The summed E-state index contributed by atoms with van der Waals surface area (Å²) in [7, 11) is 0. The second kappa shape index (κ2) is 2.42. The monoisotopic (exact) mass is 280 g/mol. The van der Waals surface area contributed by atoms with E-state index in [9.17, 15) is 5.21 Å². The Morgan fingerprint density at radius 3 is 3.08 bits per heavy atom. The predicted molar refractivity (Wildman–Crippen MR) is 49.7 cm³/mol. The van der Waals surface area contributed by atoms with Crippen LogP contribution in [0.25, 0.3) is 0 Å². The van der Waals surface area contributed by atoms with Crippen molar-refractivity contribution in [3.8, 4) is 0 Å². The highest BCUT2D eigenvalue weighted by Crippen LogP contribution is 2.39. The average molecular weight is 280 g/mol. The van der Waals surface area contributed by atoms with Crippen molar-refractivity contribution >= 4 is 22.6 Å². The van der Waals surface area contributed by atoms with Crippen LogP contribution in [-0.4, -0.2) is 44.3 Å². The van der Waals surface area contributed by atoms with E-state index in [1.807, 2.05) is 6.08 Å². The highest BCUT2D eigenvalue weighted by molar-refractivity contribution is 14.1. The second-order valence-electron chi connectivity index (χ2n) is 3.32. The first-order valence-electron chi connectivity index (χ1n) is 3.98. The van der Waals surface area contributed by atoms with Gasteiger partial charge >= 0.3 is 0 Å². The molecule has 5 atom stereocenters. The molecule has 0 amide bonds. The van der Waals surface area contributed by atoms with Crippen molar-refractivity contribution in [2.75, 3.05) is 6.54 Å². The van der Waals surface area contributed by atoms with Crippen LogP contribution >= 0.6 is 22.6 Å². The van der Waals surface area contributed by atoms with Gasteiger partial charge in [-0.3, -0.25) is 4.90 Å². The molecule has 3 heterocycles. The molecule has 2 fully saturated rings. The minimum Gasteiger partial charge on any atom is -0.334 e. The van der Waals surface area contributed by atoms with Crippen LogP contribution in [0.3, 0.4) is 0 Å². The smallest absolute Gasteiger partial charge is 0.175 e. The Kier molecular flexibility index (Phi) is 1.55. The molecule has 3 rings (SSSR count). The van der Waals surface area contributed by atoms with Crippen LogP contribution in [0.2, 0.25) is 0 Å². The Bertz CT molecular complexity index is 248. The Labute approximate surface area is 83.9 Å². The van der Waals surface area contributed by atoms with E-state index in [-0.39, 0.29) is 18.5 Å². The van der Waals surface area contributed by atoms with Crippen molar-refractivity contribution in [3.63, 3.8) is 0 Å². The summed E-state index contributed by atoms with van der Waals surface area (Å²) in [5, 5.41) is 10.9. The molecule has 1 N–H and O–H groups in total. The number of halogens is 1. The van der Waals surface area contributed by atoms with Gasteiger partial charge < -0.3 is 9.94 Å². The topological polar surface area (TPSA) is 39.2 Å². The first-order valence-corrected chi connectivity index (χ1v) is 5.23. The van der Waals surface area contributed by atoms with E-state index in [1.54, 1.807) is 0 Å². The SMILES string of the molecule is ON1C2OC2N2C[C@H]1C=C[C@H]2I. The lowest BCUT2D eigenvalue weighted by Gasteiger charge is -2.38. The van der Waals surface area contributed by atoms with Crippen LogP contribution in [-0.2, 0) is 4.74 Å². The normalized spacial score (nSPS) is 56.7. The first kappa shape index (κ1) is 7.69. The number of hydrogen-bond donors (Lipinski definition) is 1. The largest absolute Gasteiger partial charge is 0.334 e. The quantitative estimate of drug-likeness (QED) is 0.229. The third-order valence-electron chi connectivity index (χ3n) is 2.58. The number of piperazine rings is 1. The lowest BCUT2D eigenvalue weighted by Crippen LogP contribution is -2.54. The van der Waals surface area contributed by atoms with Crippen molar-refractivity contribution < 1.29 is 9.94 Å². The van der Waals surface area contributed by atoms with Crippen LogP contribution in [0, 0.1) is 0 Å². The number of hydrogen-bond acceptors (Lipinski definition) is 4. The number of epoxide rings is 1. The molecule has 0 aliphatic carbocycles. The van der Waals surface area contributed by atoms with Gasteiger partial charge in [-0.2, -0.15) is 5.06 Å². The molecular weight excluding hydrogens is 271 g/mol. The minimum absolute atomic E-state index is 0.0778. The number of rotatable bonds is 0. The van der Waals surface area contributed by atoms with Gasteiger partial charge in [-0.25, -0.2) is 0 Å². The molecule has 0 aromatic carbocycles. The van der Waals surface area contributed by atoms with Crippen LogP contribution < -0.4 is 0 Å². The molecule has 12 heavy (non-hydrogen) atoms. The fourth-order valence-electron chi connectivity index (χ4n) is 1.85. The maximum absolute atomic E-state index is 9.55. The van der Waals surface area contributed by atoms with Gasteiger partial charge in [-0.15, -0.1) is 0 Å². The zero-order chi connectivity index (χ0) is 8.29.